The van der Waals surface area contributed by atoms with E-state index >= 15 is 0 Å². The van der Waals surface area contributed by atoms with Gasteiger partial charge in [0.25, 0.3) is 5.91 Å². The number of amides is 3. The van der Waals surface area contributed by atoms with E-state index in [0.29, 0.717) is 24.5 Å². The Labute approximate surface area is 163 Å². The second-order valence-electron chi connectivity index (χ2n) is 5.86. The zero-order valence-corrected chi connectivity index (χ0v) is 15.8. The fourth-order valence-electron chi connectivity index (χ4n) is 2.12. The summed E-state index contributed by atoms with van der Waals surface area (Å²) in [6, 6.07) is 6.86. The third-order valence-corrected chi connectivity index (χ3v) is 3.58. The second kappa shape index (κ2) is 12.2. The molecule has 1 aromatic rings. The van der Waals surface area contributed by atoms with E-state index in [0.717, 1.165) is 5.01 Å². The molecule has 28 heavy (non-hydrogen) atoms. The smallest absolute Gasteiger partial charge is 0.303 e. The van der Waals surface area contributed by atoms with Gasteiger partial charge in [-0.3, -0.25) is 29.6 Å². The maximum absolute atomic E-state index is 12.2. The Balaban J connectivity index is 2.40. The highest BCUT2D eigenvalue weighted by Crippen LogP contribution is 2.16. The van der Waals surface area contributed by atoms with Gasteiger partial charge in [-0.1, -0.05) is 0 Å². The number of ether oxygens (including phenoxy) is 1. The third kappa shape index (κ3) is 9.41. The van der Waals surface area contributed by atoms with Crippen LogP contribution >= 0.6 is 0 Å². The number of carbonyl (C=O) groups is 4. The fourth-order valence-corrected chi connectivity index (χ4v) is 2.12. The minimum Gasteiger partial charge on any atom is -0.494 e. The quantitative estimate of drug-likeness (QED) is 0.297. The van der Waals surface area contributed by atoms with Crippen molar-refractivity contribution in [2.45, 2.75) is 32.6 Å². The highest BCUT2D eigenvalue weighted by atomic mass is 16.5. The highest BCUT2D eigenvalue weighted by Gasteiger charge is 2.14. The van der Waals surface area contributed by atoms with Gasteiger partial charge in [0, 0.05) is 31.5 Å². The van der Waals surface area contributed by atoms with E-state index in [1.807, 2.05) is 0 Å². The number of nitrogens with zero attached hydrogens (tertiary/aromatic N) is 1. The molecule has 0 aliphatic rings. The van der Waals surface area contributed by atoms with Crippen molar-refractivity contribution >= 4 is 29.4 Å². The van der Waals surface area contributed by atoms with E-state index in [1.54, 1.807) is 31.2 Å². The summed E-state index contributed by atoms with van der Waals surface area (Å²) in [5.74, 6) is -1.65. The van der Waals surface area contributed by atoms with Crippen LogP contribution in [0.1, 0.15) is 32.6 Å². The molecule has 0 aliphatic heterocycles. The molecule has 0 bridgehead atoms. The molecule has 154 valence electrons. The Hall–Kier alpha value is -3.30. The van der Waals surface area contributed by atoms with Crippen LogP contribution in [0.25, 0.3) is 0 Å². The topological polar surface area (TPSA) is 151 Å². The van der Waals surface area contributed by atoms with Gasteiger partial charge in [-0.15, -0.1) is 0 Å². The maximum Gasteiger partial charge on any atom is 0.303 e. The number of primary amides is 1. The molecule has 0 saturated carbocycles. The van der Waals surface area contributed by atoms with Crippen molar-refractivity contribution in [3.05, 3.63) is 24.3 Å². The first-order valence-electron chi connectivity index (χ1n) is 8.88. The molecule has 5 N–H and O–H groups in total. The van der Waals surface area contributed by atoms with Crippen molar-refractivity contribution in [3.8, 4) is 5.75 Å². The van der Waals surface area contributed by atoms with E-state index in [-0.39, 0.29) is 38.3 Å². The van der Waals surface area contributed by atoms with Gasteiger partial charge in [0.1, 0.15) is 5.75 Å². The van der Waals surface area contributed by atoms with Crippen LogP contribution in [0.2, 0.25) is 0 Å². The van der Waals surface area contributed by atoms with Crippen LogP contribution in [0.4, 0.5) is 5.69 Å². The Morgan fingerprint density at radius 3 is 2.36 bits per heavy atom. The number of carboxylic acid groups (broad SMARTS) is 1. The summed E-state index contributed by atoms with van der Waals surface area (Å²) in [6.45, 7) is 2.25. The number of likely N-dealkylation sites (N-methyl/N-ethyl adjacent to an activating group) is 1. The van der Waals surface area contributed by atoms with Gasteiger partial charge in [0.15, 0.2) is 0 Å². The number of aliphatic carboxylic acids is 1. The summed E-state index contributed by atoms with van der Waals surface area (Å²) < 4.78 is 5.43. The zero-order chi connectivity index (χ0) is 20.9. The van der Waals surface area contributed by atoms with Gasteiger partial charge in [-0.05, 0) is 37.6 Å². The number of rotatable bonds is 12. The van der Waals surface area contributed by atoms with Gasteiger partial charge < -0.3 is 20.9 Å². The van der Waals surface area contributed by atoms with Gasteiger partial charge in [0.05, 0.1) is 13.2 Å². The average Bonchev–Trinajstić information content (AvgIpc) is 2.66. The summed E-state index contributed by atoms with van der Waals surface area (Å²) in [5.41, 5.74) is 8.11. The minimum absolute atomic E-state index is 0.0389. The first kappa shape index (κ1) is 22.7. The minimum atomic E-state index is -0.863. The molecule has 0 spiro atoms. The monoisotopic (exact) mass is 394 g/mol. The lowest BCUT2D eigenvalue weighted by Crippen LogP contribution is -2.48. The molecule has 0 atom stereocenters. The molecule has 1 rings (SSSR count). The lowest BCUT2D eigenvalue weighted by atomic mass is 10.3. The van der Waals surface area contributed by atoms with Crippen molar-refractivity contribution in [1.82, 2.24) is 10.4 Å². The van der Waals surface area contributed by atoms with E-state index in [1.165, 1.54) is 0 Å². The average molecular weight is 394 g/mol. The van der Waals surface area contributed by atoms with Crippen LogP contribution in [-0.2, 0) is 19.2 Å². The van der Waals surface area contributed by atoms with Crippen molar-refractivity contribution in [3.63, 3.8) is 0 Å². The molecule has 1 aromatic carbocycles. The van der Waals surface area contributed by atoms with Crippen LogP contribution in [0.5, 0.6) is 5.75 Å². The Bertz CT molecular complexity index is 677. The van der Waals surface area contributed by atoms with Gasteiger partial charge in [-0.25, -0.2) is 0 Å². The maximum atomic E-state index is 12.2. The van der Waals surface area contributed by atoms with Gasteiger partial charge in [-0.2, -0.15) is 0 Å². The van der Waals surface area contributed by atoms with Gasteiger partial charge in [0.2, 0.25) is 11.8 Å². The van der Waals surface area contributed by atoms with E-state index in [2.05, 4.69) is 10.7 Å². The van der Waals surface area contributed by atoms with Crippen LogP contribution < -0.4 is 21.2 Å². The van der Waals surface area contributed by atoms with Crippen LogP contribution in [0.3, 0.4) is 0 Å². The first-order chi connectivity index (χ1) is 13.3. The highest BCUT2D eigenvalue weighted by molar-refractivity contribution is 5.86. The summed E-state index contributed by atoms with van der Waals surface area (Å²) in [6.07, 6.45) is 0.303. The third-order valence-electron chi connectivity index (χ3n) is 3.58. The van der Waals surface area contributed by atoms with Crippen molar-refractivity contribution in [1.29, 1.82) is 0 Å². The molecule has 0 unspecified atom stereocenters. The number of hydrogen-bond donors (Lipinski definition) is 4. The van der Waals surface area contributed by atoms with Crippen LogP contribution in [-0.4, -0.2) is 53.5 Å². The lowest BCUT2D eigenvalue weighted by molar-refractivity contribution is -0.140. The number of benzene rings is 1. The molecule has 0 aromatic heterocycles. The number of hydrazine groups is 1. The molecule has 0 radical (unpaired) electrons. The summed E-state index contributed by atoms with van der Waals surface area (Å²) >= 11 is 0. The number of nitrogens with two attached hydrogens (primary N) is 1. The Kier molecular flexibility index (Phi) is 9.87. The lowest BCUT2D eigenvalue weighted by Gasteiger charge is -2.22. The molecule has 0 aliphatic carbocycles. The Morgan fingerprint density at radius 2 is 1.79 bits per heavy atom. The van der Waals surface area contributed by atoms with Crippen molar-refractivity contribution < 1.29 is 29.0 Å². The predicted octanol–water partition coefficient (Wildman–Crippen LogP) is 0.487. The normalized spacial score (nSPS) is 10.0. The molecular weight excluding hydrogens is 368 g/mol. The number of carboxylic acids is 1. The summed E-state index contributed by atoms with van der Waals surface area (Å²) in [4.78, 5) is 45.0. The molecule has 3 amide bonds. The first-order valence-corrected chi connectivity index (χ1v) is 8.88. The number of carbonyl (C=O) groups excluding carboxylic acids is 3. The molecule has 0 heterocycles. The predicted molar refractivity (Wildman–Crippen MR) is 101 cm³/mol. The van der Waals surface area contributed by atoms with E-state index < -0.39 is 17.8 Å². The van der Waals surface area contributed by atoms with Crippen molar-refractivity contribution in [2.24, 2.45) is 5.73 Å². The molecule has 0 saturated heterocycles. The molecule has 10 nitrogen and oxygen atoms in total. The summed E-state index contributed by atoms with van der Waals surface area (Å²) in [7, 11) is 0. The van der Waals surface area contributed by atoms with Crippen LogP contribution in [0.15, 0.2) is 24.3 Å². The second-order valence-corrected chi connectivity index (χ2v) is 5.86. The van der Waals surface area contributed by atoms with Gasteiger partial charge >= 0.3 is 5.97 Å². The van der Waals surface area contributed by atoms with E-state index in [4.69, 9.17) is 15.6 Å². The molecular formula is C18H26N4O6. The number of hydrogen-bond acceptors (Lipinski definition) is 6. The summed E-state index contributed by atoms with van der Waals surface area (Å²) in [5, 5.41) is 12.7. The number of nitrogens with one attached hydrogen (secondary N) is 2. The van der Waals surface area contributed by atoms with E-state index in [9.17, 15) is 19.2 Å². The zero-order valence-electron chi connectivity index (χ0n) is 15.8. The van der Waals surface area contributed by atoms with Crippen molar-refractivity contribution in [2.75, 3.05) is 25.0 Å². The van der Waals surface area contributed by atoms with Crippen LogP contribution in [0, 0.1) is 0 Å². The SMILES string of the molecule is CCN(NC(=O)CCC(N)=O)C(=O)CNc1ccc(OCCCC(=O)O)cc1. The molecule has 0 fully saturated rings. The molecule has 10 heteroatoms. The standard InChI is InChI=1S/C18H26N4O6/c1-2-22(21-16(24)10-9-15(19)23)17(25)12-20-13-5-7-14(8-6-13)28-11-3-4-18(26)27/h5-8,20H,2-4,9-12H2,1H3,(H2,19,23)(H,21,24)(H,26,27). The Morgan fingerprint density at radius 1 is 1.11 bits per heavy atom. The number of anilines is 1. The largest absolute Gasteiger partial charge is 0.494 e. The fraction of sp³-hybridized carbons (Fsp3) is 0.444.